The Morgan fingerprint density at radius 1 is 0.964 bits per heavy atom. The van der Waals surface area contributed by atoms with Gasteiger partial charge in [-0.2, -0.15) is 0 Å². The third-order valence-corrected chi connectivity index (χ3v) is 4.49. The minimum Gasteiger partial charge on any atom is -0.493 e. The van der Waals surface area contributed by atoms with Crippen LogP contribution in [-0.2, 0) is 15.6 Å². The summed E-state index contributed by atoms with van der Waals surface area (Å²) in [7, 11) is -1.76. The van der Waals surface area contributed by atoms with Crippen molar-refractivity contribution in [2.24, 2.45) is 0 Å². The molecule has 2 aromatic rings. The fraction of sp³-hybridized carbons (Fsp3) is 0.263. The number of hydrogen-bond acceptors (Lipinski definition) is 6. The van der Waals surface area contributed by atoms with Crippen molar-refractivity contribution < 1.29 is 27.5 Å². The average Bonchev–Trinajstić information content (AvgIpc) is 2.65. The fourth-order valence-electron chi connectivity index (χ4n) is 2.45. The van der Waals surface area contributed by atoms with Crippen LogP contribution in [0.3, 0.4) is 0 Å². The zero-order valence-electron chi connectivity index (χ0n) is 15.8. The molecular formula is C19H22N2O6S. The Morgan fingerprint density at radius 3 is 2.18 bits per heavy atom. The molecule has 0 unspecified atom stereocenters. The van der Waals surface area contributed by atoms with Crippen LogP contribution in [-0.4, -0.2) is 40.2 Å². The molecule has 2 rings (SSSR count). The van der Waals surface area contributed by atoms with E-state index in [9.17, 15) is 18.0 Å². The van der Waals surface area contributed by atoms with Crippen LogP contribution >= 0.6 is 0 Å². The van der Waals surface area contributed by atoms with E-state index in [0.717, 1.165) is 6.26 Å². The second-order valence-electron chi connectivity index (χ2n) is 5.98. The SMILES string of the molecule is CCOc1ccc(C(=O)NNC(=O)c2cccc(CS(C)(=O)=O)c2)cc1OC. The molecule has 0 saturated carbocycles. The van der Waals surface area contributed by atoms with E-state index < -0.39 is 21.7 Å². The highest BCUT2D eigenvalue weighted by Gasteiger charge is 2.13. The molecule has 0 saturated heterocycles. The number of benzene rings is 2. The van der Waals surface area contributed by atoms with E-state index >= 15 is 0 Å². The summed E-state index contributed by atoms with van der Waals surface area (Å²) in [6.07, 6.45) is 1.12. The maximum absolute atomic E-state index is 12.3. The summed E-state index contributed by atoms with van der Waals surface area (Å²) in [4.78, 5) is 24.5. The molecule has 0 bridgehead atoms. The van der Waals surface area contributed by atoms with Crippen LogP contribution in [0.25, 0.3) is 0 Å². The van der Waals surface area contributed by atoms with E-state index in [-0.39, 0.29) is 16.9 Å². The maximum Gasteiger partial charge on any atom is 0.269 e. The second-order valence-corrected chi connectivity index (χ2v) is 8.12. The molecule has 0 atom stereocenters. The van der Waals surface area contributed by atoms with Crippen molar-refractivity contribution in [3.05, 3.63) is 59.2 Å². The Labute approximate surface area is 163 Å². The van der Waals surface area contributed by atoms with Crippen molar-refractivity contribution in [3.8, 4) is 11.5 Å². The first-order valence-corrected chi connectivity index (χ1v) is 10.5. The first kappa shape index (κ1) is 21.2. The molecule has 0 spiro atoms. The Bertz CT molecular complexity index is 972. The van der Waals surface area contributed by atoms with Gasteiger partial charge >= 0.3 is 0 Å². The number of sulfone groups is 1. The van der Waals surface area contributed by atoms with E-state index in [4.69, 9.17) is 9.47 Å². The Hall–Kier alpha value is -3.07. The summed E-state index contributed by atoms with van der Waals surface area (Å²) in [5.74, 6) is -0.377. The minimum absolute atomic E-state index is 0.174. The van der Waals surface area contributed by atoms with E-state index in [2.05, 4.69) is 10.9 Å². The summed E-state index contributed by atoms with van der Waals surface area (Å²) in [5.41, 5.74) is 5.60. The summed E-state index contributed by atoms with van der Waals surface area (Å²) >= 11 is 0. The van der Waals surface area contributed by atoms with Crippen molar-refractivity contribution in [1.82, 2.24) is 10.9 Å². The lowest BCUT2D eigenvalue weighted by molar-refractivity contribution is 0.0846. The van der Waals surface area contributed by atoms with Crippen molar-refractivity contribution in [2.75, 3.05) is 20.0 Å². The second kappa shape index (κ2) is 9.23. The lowest BCUT2D eigenvalue weighted by Gasteiger charge is -2.12. The largest absolute Gasteiger partial charge is 0.493 e. The summed E-state index contributed by atoms with van der Waals surface area (Å²) in [5, 5.41) is 0. The molecule has 2 N–H and O–H groups in total. The summed E-state index contributed by atoms with van der Waals surface area (Å²) in [6.45, 7) is 2.29. The fourth-order valence-corrected chi connectivity index (χ4v) is 3.23. The number of hydrazine groups is 1. The third-order valence-electron chi connectivity index (χ3n) is 3.63. The summed E-state index contributed by atoms with van der Waals surface area (Å²) in [6, 6.07) is 10.8. The number of amides is 2. The predicted molar refractivity (Wildman–Crippen MR) is 104 cm³/mol. The Kier molecular flexibility index (Phi) is 7.00. The molecule has 9 heteroatoms. The molecule has 0 aliphatic heterocycles. The number of rotatable bonds is 7. The first-order valence-electron chi connectivity index (χ1n) is 8.41. The number of carbonyl (C=O) groups excluding carboxylic acids is 2. The van der Waals surface area contributed by atoms with Crippen molar-refractivity contribution >= 4 is 21.7 Å². The summed E-state index contributed by atoms with van der Waals surface area (Å²) < 4.78 is 33.4. The van der Waals surface area contributed by atoms with Crippen molar-refractivity contribution in [3.63, 3.8) is 0 Å². The number of nitrogens with one attached hydrogen (secondary N) is 2. The van der Waals surface area contributed by atoms with Gasteiger partial charge in [0.05, 0.1) is 19.5 Å². The van der Waals surface area contributed by atoms with Crippen molar-refractivity contribution in [1.29, 1.82) is 0 Å². The molecule has 0 aliphatic rings. The van der Waals surface area contributed by atoms with Gasteiger partial charge in [0, 0.05) is 17.4 Å². The van der Waals surface area contributed by atoms with E-state index in [0.29, 0.717) is 23.7 Å². The van der Waals surface area contributed by atoms with Crippen LogP contribution < -0.4 is 20.3 Å². The number of methoxy groups -OCH3 is 1. The molecule has 8 nitrogen and oxygen atoms in total. The van der Waals surface area contributed by atoms with Crippen LogP contribution in [0.15, 0.2) is 42.5 Å². The van der Waals surface area contributed by atoms with Crippen LogP contribution in [0.1, 0.15) is 33.2 Å². The van der Waals surface area contributed by atoms with Gasteiger partial charge in [-0.15, -0.1) is 0 Å². The van der Waals surface area contributed by atoms with Crippen LogP contribution in [0.2, 0.25) is 0 Å². The standard InChI is InChI=1S/C19H22N2O6S/c1-4-27-16-9-8-15(11-17(16)26-2)19(23)21-20-18(22)14-7-5-6-13(10-14)12-28(3,24)25/h5-11H,4,12H2,1-3H3,(H,20,22)(H,21,23). The lowest BCUT2D eigenvalue weighted by atomic mass is 10.1. The van der Waals surface area contributed by atoms with E-state index in [1.807, 2.05) is 6.92 Å². The highest BCUT2D eigenvalue weighted by molar-refractivity contribution is 7.89. The quantitative estimate of drug-likeness (QED) is 0.678. The predicted octanol–water partition coefficient (Wildman–Crippen LogP) is 1.71. The zero-order chi connectivity index (χ0) is 20.7. The van der Waals surface area contributed by atoms with Gasteiger partial charge in [0.2, 0.25) is 0 Å². The molecule has 2 aromatic carbocycles. The molecular weight excluding hydrogens is 384 g/mol. The van der Waals surface area contributed by atoms with Gasteiger partial charge in [-0.3, -0.25) is 20.4 Å². The smallest absolute Gasteiger partial charge is 0.269 e. The van der Waals surface area contributed by atoms with Crippen LogP contribution in [0.4, 0.5) is 0 Å². The molecule has 150 valence electrons. The topological polar surface area (TPSA) is 111 Å². The third kappa shape index (κ3) is 5.98. The number of ether oxygens (including phenoxy) is 2. The monoisotopic (exact) mass is 406 g/mol. The van der Waals surface area contributed by atoms with Gasteiger partial charge in [0.15, 0.2) is 21.3 Å². The normalized spacial score (nSPS) is 10.8. The first-order chi connectivity index (χ1) is 13.2. The van der Waals surface area contributed by atoms with E-state index in [1.165, 1.54) is 25.3 Å². The highest BCUT2D eigenvalue weighted by atomic mass is 32.2. The van der Waals surface area contributed by atoms with Gasteiger partial charge in [-0.05, 0) is 42.8 Å². The molecule has 0 fully saturated rings. The van der Waals surface area contributed by atoms with Crippen molar-refractivity contribution in [2.45, 2.75) is 12.7 Å². The van der Waals surface area contributed by atoms with Gasteiger partial charge in [-0.25, -0.2) is 8.42 Å². The molecule has 0 aromatic heterocycles. The Balaban J connectivity index is 2.04. The van der Waals surface area contributed by atoms with Crippen LogP contribution in [0.5, 0.6) is 11.5 Å². The molecule has 2 amide bonds. The molecule has 0 radical (unpaired) electrons. The zero-order valence-corrected chi connectivity index (χ0v) is 16.6. The van der Waals surface area contributed by atoms with E-state index in [1.54, 1.807) is 24.3 Å². The van der Waals surface area contributed by atoms with Gasteiger partial charge < -0.3 is 9.47 Å². The molecule has 28 heavy (non-hydrogen) atoms. The number of hydrogen-bond donors (Lipinski definition) is 2. The minimum atomic E-state index is -3.22. The van der Waals surface area contributed by atoms with Crippen LogP contribution in [0, 0.1) is 0 Å². The Morgan fingerprint density at radius 2 is 1.61 bits per heavy atom. The molecule has 0 heterocycles. The maximum atomic E-state index is 12.3. The lowest BCUT2D eigenvalue weighted by Crippen LogP contribution is -2.41. The van der Waals surface area contributed by atoms with Gasteiger partial charge in [-0.1, -0.05) is 12.1 Å². The van der Waals surface area contributed by atoms with Gasteiger partial charge in [0.1, 0.15) is 0 Å². The number of carbonyl (C=O) groups is 2. The average molecular weight is 406 g/mol. The highest BCUT2D eigenvalue weighted by Crippen LogP contribution is 2.27. The van der Waals surface area contributed by atoms with Gasteiger partial charge in [0.25, 0.3) is 11.8 Å². The molecule has 0 aliphatic carbocycles.